The van der Waals surface area contributed by atoms with E-state index >= 15 is 0 Å². The zero-order chi connectivity index (χ0) is 15.8. The Labute approximate surface area is 135 Å². The van der Waals surface area contributed by atoms with Crippen LogP contribution in [0.15, 0.2) is 54.6 Å². The molecule has 0 heterocycles. The number of carbonyl (C=O) groups is 1. The minimum atomic E-state index is -0.539. The van der Waals surface area contributed by atoms with Crippen LogP contribution in [0.1, 0.15) is 11.1 Å². The largest absolute Gasteiger partial charge is 0.375 e. The van der Waals surface area contributed by atoms with E-state index in [0.717, 1.165) is 11.1 Å². The normalized spacial score (nSPS) is 12.0. The van der Waals surface area contributed by atoms with Gasteiger partial charge in [-0.25, -0.2) is 0 Å². The van der Waals surface area contributed by atoms with Gasteiger partial charge in [-0.1, -0.05) is 60.1 Å². The van der Waals surface area contributed by atoms with Gasteiger partial charge >= 0.3 is 0 Å². The molecule has 3 N–H and O–H groups in total. The summed E-state index contributed by atoms with van der Waals surface area (Å²) in [6, 6.07) is 16.7. The summed E-state index contributed by atoms with van der Waals surface area (Å²) in [6.45, 7) is 1.10. The van der Waals surface area contributed by atoms with E-state index in [1.807, 2.05) is 48.5 Å². The molecule has 0 aromatic heterocycles. The fraction of sp³-hybridized carbons (Fsp3) is 0.235. The summed E-state index contributed by atoms with van der Waals surface area (Å²) >= 11 is 6.06. The summed E-state index contributed by atoms with van der Waals surface area (Å²) in [5, 5.41) is 3.75. The fourth-order valence-corrected chi connectivity index (χ4v) is 2.17. The summed E-state index contributed by atoms with van der Waals surface area (Å²) in [4.78, 5) is 11.5. The van der Waals surface area contributed by atoms with Gasteiger partial charge in [-0.05, 0) is 17.2 Å². The number of nitrogens with one attached hydrogen (secondary N) is 1. The first-order valence-corrected chi connectivity index (χ1v) is 7.42. The summed E-state index contributed by atoms with van der Waals surface area (Å²) in [6.07, 6.45) is 0. The highest BCUT2D eigenvalue weighted by molar-refractivity contribution is 6.31. The molecule has 2 rings (SSSR count). The minimum absolute atomic E-state index is 0.202. The van der Waals surface area contributed by atoms with Crippen molar-refractivity contribution in [1.29, 1.82) is 0 Å². The van der Waals surface area contributed by atoms with Gasteiger partial charge in [0.25, 0.3) is 0 Å². The van der Waals surface area contributed by atoms with Gasteiger partial charge < -0.3 is 10.5 Å². The van der Waals surface area contributed by atoms with Crippen LogP contribution in [0.3, 0.4) is 0 Å². The van der Waals surface area contributed by atoms with E-state index < -0.39 is 11.9 Å². The average molecular weight is 319 g/mol. The zero-order valence-electron chi connectivity index (χ0n) is 12.2. The molecule has 0 saturated heterocycles. The molecule has 5 heteroatoms. The van der Waals surface area contributed by atoms with E-state index in [9.17, 15) is 4.79 Å². The second-order valence-electron chi connectivity index (χ2n) is 4.93. The Morgan fingerprint density at radius 1 is 1.14 bits per heavy atom. The predicted octanol–water partition coefficient (Wildman–Crippen LogP) is 2.50. The van der Waals surface area contributed by atoms with Gasteiger partial charge in [0.2, 0.25) is 5.91 Å². The number of halogens is 1. The van der Waals surface area contributed by atoms with Crippen molar-refractivity contribution in [3.63, 3.8) is 0 Å². The van der Waals surface area contributed by atoms with E-state index in [4.69, 9.17) is 22.1 Å². The van der Waals surface area contributed by atoms with Crippen molar-refractivity contribution in [2.45, 2.75) is 19.2 Å². The molecule has 2 aromatic carbocycles. The highest BCUT2D eigenvalue weighted by Gasteiger charge is 2.15. The Morgan fingerprint density at radius 2 is 1.82 bits per heavy atom. The summed E-state index contributed by atoms with van der Waals surface area (Å²) in [5.74, 6) is -0.435. The van der Waals surface area contributed by atoms with Gasteiger partial charge in [0.15, 0.2) is 0 Å². The molecule has 1 unspecified atom stereocenters. The van der Waals surface area contributed by atoms with Crippen LogP contribution in [0, 0.1) is 0 Å². The average Bonchev–Trinajstić information content (AvgIpc) is 2.53. The number of nitrogens with two attached hydrogens (primary N) is 1. The van der Waals surface area contributed by atoms with E-state index in [1.54, 1.807) is 6.07 Å². The molecule has 0 spiro atoms. The van der Waals surface area contributed by atoms with Crippen molar-refractivity contribution in [3.05, 3.63) is 70.7 Å². The van der Waals surface area contributed by atoms with Crippen LogP contribution in [-0.2, 0) is 22.7 Å². The molecular formula is C17H19ClN2O2. The number of hydrogen-bond acceptors (Lipinski definition) is 3. The molecule has 0 saturated carbocycles. The monoisotopic (exact) mass is 318 g/mol. The summed E-state index contributed by atoms with van der Waals surface area (Å²) in [7, 11) is 0. The Kier molecular flexibility index (Phi) is 6.40. The smallest absolute Gasteiger partial charge is 0.236 e. The molecule has 2 aromatic rings. The molecule has 0 bridgehead atoms. The Bertz CT molecular complexity index is 605. The maximum Gasteiger partial charge on any atom is 0.236 e. The van der Waals surface area contributed by atoms with Crippen LogP contribution < -0.4 is 11.1 Å². The maximum absolute atomic E-state index is 11.5. The molecule has 4 nitrogen and oxygen atoms in total. The van der Waals surface area contributed by atoms with E-state index in [-0.39, 0.29) is 6.61 Å². The zero-order valence-corrected chi connectivity index (χ0v) is 12.9. The number of primary amides is 1. The first-order valence-electron chi connectivity index (χ1n) is 7.04. The van der Waals surface area contributed by atoms with Gasteiger partial charge in [-0.15, -0.1) is 0 Å². The number of amides is 1. The number of ether oxygens (including phenoxy) is 1. The molecule has 1 atom stereocenters. The third kappa shape index (κ3) is 5.15. The van der Waals surface area contributed by atoms with Crippen molar-refractivity contribution < 1.29 is 9.53 Å². The summed E-state index contributed by atoms with van der Waals surface area (Å²) in [5.41, 5.74) is 7.37. The lowest BCUT2D eigenvalue weighted by molar-refractivity contribution is -0.121. The highest BCUT2D eigenvalue weighted by atomic mass is 35.5. The Hall–Kier alpha value is -1.88. The molecule has 0 aliphatic carbocycles. The highest BCUT2D eigenvalue weighted by Crippen LogP contribution is 2.15. The second-order valence-corrected chi connectivity index (χ2v) is 5.34. The lowest BCUT2D eigenvalue weighted by Gasteiger charge is -2.16. The lowest BCUT2D eigenvalue weighted by atomic mass is 10.2. The van der Waals surface area contributed by atoms with Crippen LogP contribution in [0.2, 0.25) is 5.02 Å². The van der Waals surface area contributed by atoms with Crippen LogP contribution in [0.5, 0.6) is 0 Å². The number of benzene rings is 2. The molecule has 0 aliphatic heterocycles. The van der Waals surface area contributed by atoms with Crippen molar-refractivity contribution in [2.75, 3.05) is 6.61 Å². The van der Waals surface area contributed by atoms with Gasteiger partial charge in [0.05, 0.1) is 13.2 Å². The predicted molar refractivity (Wildman–Crippen MR) is 87.4 cm³/mol. The summed E-state index contributed by atoms with van der Waals surface area (Å²) < 4.78 is 5.56. The molecule has 0 radical (unpaired) electrons. The van der Waals surface area contributed by atoms with E-state index in [1.165, 1.54) is 0 Å². The fourth-order valence-electron chi connectivity index (χ4n) is 1.98. The second kappa shape index (κ2) is 8.54. The van der Waals surface area contributed by atoms with Gasteiger partial charge in [0.1, 0.15) is 6.04 Å². The van der Waals surface area contributed by atoms with Crippen LogP contribution in [0.4, 0.5) is 0 Å². The van der Waals surface area contributed by atoms with E-state index in [2.05, 4.69) is 5.32 Å². The standard InChI is InChI=1S/C17H19ClN2O2/c18-15-9-5-4-8-14(15)11-22-12-16(17(19)21)20-10-13-6-2-1-3-7-13/h1-9,16,20H,10-12H2,(H2,19,21). The minimum Gasteiger partial charge on any atom is -0.375 e. The first-order chi connectivity index (χ1) is 10.7. The van der Waals surface area contributed by atoms with Gasteiger partial charge in [0, 0.05) is 11.6 Å². The van der Waals surface area contributed by atoms with Crippen LogP contribution >= 0.6 is 11.6 Å². The molecule has 116 valence electrons. The third-order valence-corrected chi connectivity index (χ3v) is 3.61. The quantitative estimate of drug-likeness (QED) is 0.786. The lowest BCUT2D eigenvalue weighted by Crippen LogP contribution is -2.44. The van der Waals surface area contributed by atoms with E-state index in [0.29, 0.717) is 18.2 Å². The SMILES string of the molecule is NC(=O)C(COCc1ccccc1Cl)NCc1ccccc1. The van der Waals surface area contributed by atoms with Crippen molar-refractivity contribution >= 4 is 17.5 Å². The van der Waals surface area contributed by atoms with Gasteiger partial charge in [-0.3, -0.25) is 10.1 Å². The molecule has 0 fully saturated rings. The Balaban J connectivity index is 1.82. The van der Waals surface area contributed by atoms with Crippen molar-refractivity contribution in [1.82, 2.24) is 5.32 Å². The first kappa shape index (κ1) is 16.5. The number of rotatable bonds is 8. The molecular weight excluding hydrogens is 300 g/mol. The molecule has 0 aliphatic rings. The Morgan fingerprint density at radius 3 is 2.50 bits per heavy atom. The number of hydrogen-bond donors (Lipinski definition) is 2. The third-order valence-electron chi connectivity index (χ3n) is 3.24. The van der Waals surface area contributed by atoms with Crippen molar-refractivity contribution in [2.24, 2.45) is 5.73 Å². The molecule has 1 amide bonds. The van der Waals surface area contributed by atoms with Crippen LogP contribution in [-0.4, -0.2) is 18.6 Å². The van der Waals surface area contributed by atoms with Gasteiger partial charge in [-0.2, -0.15) is 0 Å². The topological polar surface area (TPSA) is 64.4 Å². The maximum atomic E-state index is 11.5. The number of carbonyl (C=O) groups excluding carboxylic acids is 1. The van der Waals surface area contributed by atoms with Crippen molar-refractivity contribution in [3.8, 4) is 0 Å². The van der Waals surface area contributed by atoms with Crippen LogP contribution in [0.25, 0.3) is 0 Å². The molecule has 22 heavy (non-hydrogen) atoms.